The summed E-state index contributed by atoms with van der Waals surface area (Å²) in [4.78, 5) is 2.07. The summed E-state index contributed by atoms with van der Waals surface area (Å²) in [5.41, 5.74) is 3.09. The smallest absolute Gasteiger partial charge is 0.130 e. The van der Waals surface area contributed by atoms with E-state index in [1.165, 1.54) is 11.6 Å². The molecule has 2 aromatic rings. The molecule has 1 atom stereocenters. The van der Waals surface area contributed by atoms with Gasteiger partial charge in [0, 0.05) is 44.9 Å². The zero-order chi connectivity index (χ0) is 17.3. The number of hydrogen-bond donors (Lipinski definition) is 1. The van der Waals surface area contributed by atoms with Crippen LogP contribution in [-0.4, -0.2) is 30.5 Å². The first-order chi connectivity index (χ1) is 11.5. The maximum absolute atomic E-state index is 13.7. The van der Waals surface area contributed by atoms with Gasteiger partial charge >= 0.3 is 0 Å². The molecule has 0 aliphatic carbocycles. The fourth-order valence-corrected chi connectivity index (χ4v) is 3.44. The lowest BCUT2D eigenvalue weighted by molar-refractivity contribution is 0.315. The zero-order valence-electron chi connectivity index (χ0n) is 14.8. The predicted octanol–water partition coefficient (Wildman–Crippen LogP) is 2.94. The van der Waals surface area contributed by atoms with E-state index in [9.17, 15) is 4.39 Å². The second-order valence-electron chi connectivity index (χ2n) is 6.51. The summed E-state index contributed by atoms with van der Waals surface area (Å²) in [6, 6.07) is 4.84. The summed E-state index contributed by atoms with van der Waals surface area (Å²) in [7, 11) is 5.99. The Morgan fingerprint density at radius 2 is 2.21 bits per heavy atom. The molecule has 0 bridgehead atoms. The van der Waals surface area contributed by atoms with Crippen molar-refractivity contribution in [2.75, 3.05) is 25.6 Å². The van der Waals surface area contributed by atoms with Gasteiger partial charge in [0.25, 0.3) is 0 Å². The number of halogens is 1. The number of aryl methyl sites for hydroxylation is 2. The van der Waals surface area contributed by atoms with Gasteiger partial charge in [0.1, 0.15) is 17.4 Å². The Balaban J connectivity index is 1.84. The number of fused-ring (bicyclic) bond motifs is 1. The van der Waals surface area contributed by atoms with Gasteiger partial charge in [-0.3, -0.25) is 4.68 Å². The molecule has 6 heteroatoms. The van der Waals surface area contributed by atoms with Gasteiger partial charge < -0.3 is 15.0 Å². The van der Waals surface area contributed by atoms with Gasteiger partial charge in [0.15, 0.2) is 0 Å². The average molecular weight is 332 g/mol. The van der Waals surface area contributed by atoms with Crippen molar-refractivity contribution in [1.29, 1.82) is 0 Å². The molecule has 1 N–H and O–H groups in total. The van der Waals surface area contributed by atoms with E-state index in [4.69, 9.17) is 4.74 Å². The van der Waals surface area contributed by atoms with Crippen LogP contribution in [0.3, 0.4) is 0 Å². The third-order valence-corrected chi connectivity index (χ3v) is 4.50. The number of anilines is 1. The van der Waals surface area contributed by atoms with E-state index < -0.39 is 0 Å². The average Bonchev–Trinajstić information content (AvgIpc) is 2.68. The Morgan fingerprint density at radius 3 is 2.96 bits per heavy atom. The lowest BCUT2D eigenvalue weighted by Crippen LogP contribution is -2.23. The highest BCUT2D eigenvalue weighted by Crippen LogP contribution is 2.33. The van der Waals surface area contributed by atoms with Gasteiger partial charge in [-0.15, -0.1) is 0 Å². The molecule has 24 heavy (non-hydrogen) atoms. The molecule has 0 saturated heterocycles. The monoisotopic (exact) mass is 332 g/mol. The summed E-state index contributed by atoms with van der Waals surface area (Å²) in [5.74, 6) is 1.64. The van der Waals surface area contributed by atoms with E-state index in [0.717, 1.165) is 35.7 Å². The summed E-state index contributed by atoms with van der Waals surface area (Å²) in [6.45, 7) is 3.38. The number of nitrogens with one attached hydrogen (secondary N) is 1. The second kappa shape index (κ2) is 6.81. The van der Waals surface area contributed by atoms with Crippen molar-refractivity contribution in [3.8, 4) is 5.75 Å². The van der Waals surface area contributed by atoms with Crippen LogP contribution in [0.5, 0.6) is 5.75 Å². The quantitative estimate of drug-likeness (QED) is 0.935. The third-order valence-electron chi connectivity index (χ3n) is 4.50. The molecule has 2 heterocycles. The number of aromatic nitrogens is 2. The van der Waals surface area contributed by atoms with E-state index in [2.05, 4.69) is 15.3 Å². The zero-order valence-corrected chi connectivity index (χ0v) is 14.8. The molecular weight excluding hydrogens is 307 g/mol. The van der Waals surface area contributed by atoms with Crippen molar-refractivity contribution >= 4 is 5.82 Å². The first-order valence-corrected chi connectivity index (χ1v) is 8.32. The third kappa shape index (κ3) is 3.24. The van der Waals surface area contributed by atoms with Gasteiger partial charge in [0.05, 0.1) is 12.3 Å². The number of ether oxygens (including phenoxy) is 1. The van der Waals surface area contributed by atoms with Crippen molar-refractivity contribution in [2.24, 2.45) is 7.05 Å². The molecule has 1 aliphatic rings. The van der Waals surface area contributed by atoms with Gasteiger partial charge in [-0.25, -0.2) is 4.39 Å². The molecule has 0 spiro atoms. The molecule has 130 valence electrons. The largest absolute Gasteiger partial charge is 0.493 e. The Labute approximate surface area is 142 Å². The molecule has 0 amide bonds. The number of hydrogen-bond acceptors (Lipinski definition) is 4. The maximum Gasteiger partial charge on any atom is 0.130 e. The topological polar surface area (TPSA) is 42.3 Å². The summed E-state index contributed by atoms with van der Waals surface area (Å²) in [6.07, 6.45) is 1.87. The summed E-state index contributed by atoms with van der Waals surface area (Å²) in [5, 5.41) is 8.11. The van der Waals surface area contributed by atoms with Crippen molar-refractivity contribution in [1.82, 2.24) is 15.1 Å². The predicted molar refractivity (Wildman–Crippen MR) is 93.0 cm³/mol. The van der Waals surface area contributed by atoms with Crippen LogP contribution in [0.4, 0.5) is 10.2 Å². The van der Waals surface area contributed by atoms with E-state index in [1.54, 1.807) is 12.1 Å². The number of benzene rings is 1. The molecule has 0 unspecified atom stereocenters. The first kappa shape index (κ1) is 16.8. The van der Waals surface area contributed by atoms with Crippen LogP contribution in [0.25, 0.3) is 0 Å². The van der Waals surface area contributed by atoms with E-state index in [1.807, 2.05) is 32.7 Å². The Morgan fingerprint density at radius 1 is 1.42 bits per heavy atom. The molecule has 1 aliphatic heterocycles. The van der Waals surface area contributed by atoms with Crippen LogP contribution >= 0.6 is 0 Å². The van der Waals surface area contributed by atoms with Crippen LogP contribution < -0.4 is 15.0 Å². The van der Waals surface area contributed by atoms with Gasteiger partial charge in [-0.1, -0.05) is 0 Å². The minimum atomic E-state index is -0.224. The minimum absolute atomic E-state index is 0.0767. The summed E-state index contributed by atoms with van der Waals surface area (Å²) >= 11 is 0. The van der Waals surface area contributed by atoms with Gasteiger partial charge in [-0.2, -0.15) is 5.10 Å². The van der Waals surface area contributed by atoms with Crippen LogP contribution in [0, 0.1) is 12.7 Å². The Hall–Kier alpha value is -2.08. The highest BCUT2D eigenvalue weighted by atomic mass is 19.1. The van der Waals surface area contributed by atoms with Crippen LogP contribution in [0.2, 0.25) is 0 Å². The minimum Gasteiger partial charge on any atom is -0.493 e. The fraction of sp³-hybridized carbons (Fsp3) is 0.500. The van der Waals surface area contributed by atoms with Crippen molar-refractivity contribution in [2.45, 2.75) is 32.4 Å². The molecule has 1 aromatic carbocycles. The van der Waals surface area contributed by atoms with Gasteiger partial charge in [0.2, 0.25) is 0 Å². The summed E-state index contributed by atoms with van der Waals surface area (Å²) < 4.78 is 21.3. The molecule has 0 radical (unpaired) electrons. The van der Waals surface area contributed by atoms with E-state index in [0.29, 0.717) is 13.2 Å². The fourth-order valence-electron chi connectivity index (χ4n) is 3.44. The molecule has 3 rings (SSSR count). The van der Waals surface area contributed by atoms with Crippen LogP contribution in [0.1, 0.15) is 35.7 Å². The van der Waals surface area contributed by atoms with Crippen molar-refractivity contribution in [3.63, 3.8) is 0 Å². The Bertz CT molecular complexity index is 726. The molecule has 0 saturated carbocycles. The lowest BCUT2D eigenvalue weighted by atomic mass is 10.0. The molecular formula is C18H25FN4O. The lowest BCUT2D eigenvalue weighted by Gasteiger charge is -2.20. The van der Waals surface area contributed by atoms with E-state index in [-0.39, 0.29) is 11.9 Å². The standard InChI is InChI=1S/C18H25FN4O/c1-12-15(18(22(2)3)23(4)21-12)11-20-16-6-5-9-24-17-8-7-13(19)10-14(16)17/h7-8,10,16,20H,5-6,9,11H2,1-4H3/t16-/m1/s1. The van der Waals surface area contributed by atoms with Crippen LogP contribution in [-0.2, 0) is 13.6 Å². The van der Waals surface area contributed by atoms with Crippen molar-refractivity contribution < 1.29 is 9.13 Å². The van der Waals surface area contributed by atoms with Crippen molar-refractivity contribution in [3.05, 3.63) is 40.8 Å². The Kier molecular flexibility index (Phi) is 4.76. The second-order valence-corrected chi connectivity index (χ2v) is 6.51. The SMILES string of the molecule is Cc1nn(C)c(N(C)C)c1CN[C@@H]1CCCOc2ccc(F)cc21. The first-order valence-electron chi connectivity index (χ1n) is 8.32. The highest BCUT2D eigenvalue weighted by molar-refractivity contribution is 5.49. The molecule has 0 fully saturated rings. The van der Waals surface area contributed by atoms with Gasteiger partial charge in [-0.05, 0) is 38.0 Å². The van der Waals surface area contributed by atoms with Crippen LogP contribution in [0.15, 0.2) is 18.2 Å². The normalized spacial score (nSPS) is 17.1. The molecule has 5 nitrogen and oxygen atoms in total. The number of rotatable bonds is 4. The highest BCUT2D eigenvalue weighted by Gasteiger charge is 2.22. The van der Waals surface area contributed by atoms with E-state index >= 15 is 0 Å². The number of nitrogens with zero attached hydrogens (tertiary/aromatic N) is 3. The maximum atomic E-state index is 13.7. The molecule has 1 aromatic heterocycles.